The maximum Gasteiger partial charge on any atom is 0.263 e. The minimum atomic E-state index is -0.917. The van der Waals surface area contributed by atoms with Gasteiger partial charge in [-0.1, -0.05) is 25.4 Å². The molecule has 0 bridgehead atoms. The number of aromatic hydroxyl groups is 1. The van der Waals surface area contributed by atoms with Crippen molar-refractivity contribution < 1.29 is 28.6 Å². The maximum absolute atomic E-state index is 15.0. The largest absolute Gasteiger partial charge is 0.504 e. The van der Waals surface area contributed by atoms with Crippen LogP contribution in [0.25, 0.3) is 22.2 Å². The summed E-state index contributed by atoms with van der Waals surface area (Å²) < 4.78 is 29.2. The van der Waals surface area contributed by atoms with Gasteiger partial charge in [0.2, 0.25) is 24.4 Å². The van der Waals surface area contributed by atoms with Gasteiger partial charge in [0.05, 0.1) is 16.6 Å². The van der Waals surface area contributed by atoms with E-state index >= 15 is 0 Å². The van der Waals surface area contributed by atoms with E-state index in [1.807, 2.05) is 32.7 Å². The lowest BCUT2D eigenvalue weighted by Crippen LogP contribution is -2.50. The number of rotatable bonds is 6. The van der Waals surface area contributed by atoms with Crippen molar-refractivity contribution in [3.8, 4) is 28.4 Å². The summed E-state index contributed by atoms with van der Waals surface area (Å²) >= 11 is 6.28. The highest BCUT2D eigenvalue weighted by atomic mass is 35.5. The van der Waals surface area contributed by atoms with Crippen LogP contribution in [0.15, 0.2) is 23.1 Å². The standard InChI is InChI=1S/C32H34ClFN8O6/c1-15-10-39(4)5-6-41(15)20-8-19(24(33)28(34)37-20)36-22(43)12-40-11-18(16-7-17(29(35)45)25(44)27-26(16)47-14-48-27)23-30(40)38-21-9-32(2,3)13-42(21)31(23)46/h7-8,11,15,44H,5-6,9-10,12-14H2,1-4H3,(H2,35,45)(H,36,37,43)/t15-/m0/s1. The first kappa shape index (κ1) is 31.7. The number of primary amides is 1. The van der Waals surface area contributed by atoms with E-state index < -0.39 is 23.5 Å². The minimum Gasteiger partial charge on any atom is -0.504 e. The van der Waals surface area contributed by atoms with Crippen LogP contribution in [-0.2, 0) is 24.3 Å². The molecule has 3 aromatic heterocycles. The quantitative estimate of drug-likeness (QED) is 0.257. The molecule has 1 fully saturated rings. The van der Waals surface area contributed by atoms with Crippen LogP contribution in [-0.4, -0.2) is 80.4 Å². The summed E-state index contributed by atoms with van der Waals surface area (Å²) in [6.45, 7) is 8.05. The number of halogens is 2. The highest BCUT2D eigenvalue weighted by molar-refractivity contribution is 6.33. The van der Waals surface area contributed by atoms with E-state index in [0.29, 0.717) is 36.7 Å². The normalized spacial score (nSPS) is 18.4. The number of ether oxygens (including phenoxy) is 2. The van der Waals surface area contributed by atoms with Crippen LogP contribution in [0, 0.1) is 11.4 Å². The van der Waals surface area contributed by atoms with E-state index in [0.717, 1.165) is 13.1 Å². The molecule has 0 spiro atoms. The van der Waals surface area contributed by atoms with Gasteiger partial charge in [0.15, 0.2) is 11.5 Å². The Morgan fingerprint density at radius 2 is 1.94 bits per heavy atom. The number of nitrogens with two attached hydrogens (primary N) is 1. The summed E-state index contributed by atoms with van der Waals surface area (Å²) in [5.74, 6) is -1.95. The number of anilines is 2. The van der Waals surface area contributed by atoms with Gasteiger partial charge in [0.25, 0.3) is 11.5 Å². The SMILES string of the molecule is C[C@H]1CN(C)CCN1c1cc(NC(=O)Cn2cc(-c3cc(C(N)=O)c(O)c4c3OCO4)c3c(=O)n4c(nc32)CC(C)(C)C4)c(Cl)c(F)n1. The molecule has 4 N–H and O–H groups in total. The molecule has 14 nitrogen and oxygen atoms in total. The zero-order valence-electron chi connectivity index (χ0n) is 26.8. The number of phenols is 1. The number of nitrogens with zero attached hydrogens (tertiary/aromatic N) is 6. The van der Waals surface area contributed by atoms with Gasteiger partial charge < -0.3 is 40.0 Å². The Labute approximate surface area is 278 Å². The zero-order valence-corrected chi connectivity index (χ0v) is 27.5. The van der Waals surface area contributed by atoms with Gasteiger partial charge in [0.1, 0.15) is 28.9 Å². The topological polar surface area (TPSA) is 170 Å². The van der Waals surface area contributed by atoms with Gasteiger partial charge in [-0.05, 0) is 25.5 Å². The van der Waals surface area contributed by atoms with Crippen molar-refractivity contribution in [3.63, 3.8) is 0 Å². The second-order valence-corrected chi connectivity index (χ2v) is 13.7. The summed E-state index contributed by atoms with van der Waals surface area (Å²) in [4.78, 5) is 53.0. The maximum atomic E-state index is 15.0. The Kier molecular flexibility index (Phi) is 7.51. The summed E-state index contributed by atoms with van der Waals surface area (Å²) in [7, 11) is 2.01. The van der Waals surface area contributed by atoms with E-state index in [1.54, 1.807) is 16.8 Å². The van der Waals surface area contributed by atoms with Gasteiger partial charge >= 0.3 is 0 Å². The van der Waals surface area contributed by atoms with Crippen LogP contribution in [0.2, 0.25) is 5.02 Å². The van der Waals surface area contributed by atoms with E-state index in [4.69, 9.17) is 31.8 Å². The summed E-state index contributed by atoms with van der Waals surface area (Å²) in [5.41, 5.74) is 5.55. The van der Waals surface area contributed by atoms with E-state index in [9.17, 15) is 23.9 Å². The number of carbonyl (C=O) groups is 2. The predicted molar refractivity (Wildman–Crippen MR) is 175 cm³/mol. The third-order valence-electron chi connectivity index (χ3n) is 9.07. The van der Waals surface area contributed by atoms with Crippen molar-refractivity contribution in [1.82, 2.24) is 24.0 Å². The van der Waals surface area contributed by atoms with Crippen molar-refractivity contribution in [1.29, 1.82) is 0 Å². The molecule has 1 saturated heterocycles. The Morgan fingerprint density at radius 3 is 2.67 bits per heavy atom. The van der Waals surface area contributed by atoms with E-state index in [2.05, 4.69) is 15.2 Å². The lowest BCUT2D eigenvalue weighted by atomic mass is 9.92. The number of likely N-dealkylation sites (N-methyl/N-ethyl adjacent to an activating group) is 1. The number of aromatic nitrogens is 4. The Hall–Kier alpha value is -4.89. The Morgan fingerprint density at radius 1 is 1.19 bits per heavy atom. The van der Waals surface area contributed by atoms with Crippen molar-refractivity contribution in [2.45, 2.75) is 46.3 Å². The summed E-state index contributed by atoms with van der Waals surface area (Å²) in [5, 5.41) is 13.2. The number of nitrogens with one attached hydrogen (secondary N) is 1. The molecule has 0 saturated carbocycles. The van der Waals surface area contributed by atoms with Crippen molar-refractivity contribution in [3.05, 3.63) is 51.0 Å². The molecule has 16 heteroatoms. The molecule has 1 atom stereocenters. The van der Waals surface area contributed by atoms with E-state index in [-0.39, 0.29) is 74.7 Å². The fraction of sp³-hybridized carbons (Fsp3) is 0.406. The number of benzene rings is 1. The number of hydrogen-bond acceptors (Lipinski definition) is 10. The summed E-state index contributed by atoms with van der Waals surface area (Å²) in [6, 6.07) is 2.92. The van der Waals surface area contributed by atoms with Gasteiger partial charge in [0, 0.05) is 62.0 Å². The minimum absolute atomic E-state index is 0.0489. The second kappa shape index (κ2) is 11.4. The van der Waals surface area contributed by atoms with Crippen LogP contribution in [0.5, 0.6) is 17.2 Å². The number of pyridine rings is 1. The molecule has 252 valence electrons. The molecule has 3 aliphatic heterocycles. The average molecular weight is 681 g/mol. The number of piperazine rings is 1. The molecule has 48 heavy (non-hydrogen) atoms. The van der Waals surface area contributed by atoms with Gasteiger partial charge in [-0.2, -0.15) is 4.39 Å². The highest BCUT2D eigenvalue weighted by Gasteiger charge is 2.35. The number of amides is 2. The molecular formula is C32H34ClFN8O6. The van der Waals surface area contributed by atoms with Crippen molar-refractivity contribution in [2.24, 2.45) is 11.1 Å². The van der Waals surface area contributed by atoms with Crippen LogP contribution < -0.4 is 31.0 Å². The highest BCUT2D eigenvalue weighted by Crippen LogP contribution is 2.50. The third kappa shape index (κ3) is 5.26. The first-order chi connectivity index (χ1) is 22.7. The molecule has 3 aliphatic rings. The fourth-order valence-electron chi connectivity index (χ4n) is 6.84. The number of hydrogen-bond donors (Lipinski definition) is 3. The molecular weight excluding hydrogens is 647 g/mol. The Bertz CT molecular complexity index is 2100. The molecule has 7 rings (SSSR count). The number of carbonyl (C=O) groups excluding carboxylic acids is 2. The monoisotopic (exact) mass is 680 g/mol. The molecule has 0 radical (unpaired) electrons. The fourth-order valence-corrected chi connectivity index (χ4v) is 6.98. The summed E-state index contributed by atoms with van der Waals surface area (Å²) in [6.07, 6.45) is 2.08. The van der Waals surface area contributed by atoms with Crippen molar-refractivity contribution in [2.75, 3.05) is 43.7 Å². The Balaban J connectivity index is 1.31. The molecule has 4 aromatic rings. The molecule has 0 unspecified atom stereocenters. The molecule has 0 aliphatic carbocycles. The second-order valence-electron chi connectivity index (χ2n) is 13.4. The lowest BCUT2D eigenvalue weighted by Gasteiger charge is -2.39. The molecule has 2 amide bonds. The van der Waals surface area contributed by atoms with Crippen LogP contribution >= 0.6 is 11.6 Å². The average Bonchev–Trinajstić information content (AvgIpc) is 3.71. The first-order valence-corrected chi connectivity index (χ1v) is 15.8. The van der Waals surface area contributed by atoms with Crippen LogP contribution in [0.1, 0.15) is 37.0 Å². The predicted octanol–water partition coefficient (Wildman–Crippen LogP) is 2.95. The molecule has 1 aromatic carbocycles. The number of fused-ring (bicyclic) bond motifs is 3. The van der Waals surface area contributed by atoms with Gasteiger partial charge in [-0.15, -0.1) is 0 Å². The third-order valence-corrected chi connectivity index (χ3v) is 9.43. The van der Waals surface area contributed by atoms with Crippen molar-refractivity contribution >= 4 is 46.0 Å². The lowest BCUT2D eigenvalue weighted by molar-refractivity contribution is -0.116. The molecule has 6 heterocycles. The first-order valence-electron chi connectivity index (χ1n) is 15.4. The van der Waals surface area contributed by atoms with Crippen LogP contribution in [0.3, 0.4) is 0 Å². The van der Waals surface area contributed by atoms with E-state index in [1.165, 1.54) is 10.6 Å². The van der Waals surface area contributed by atoms with Crippen LogP contribution in [0.4, 0.5) is 15.9 Å². The van der Waals surface area contributed by atoms with Gasteiger partial charge in [-0.3, -0.25) is 19.0 Å². The van der Waals surface area contributed by atoms with Gasteiger partial charge in [-0.25, -0.2) is 9.97 Å². The zero-order chi connectivity index (χ0) is 34.2. The smallest absolute Gasteiger partial charge is 0.263 e.